The van der Waals surface area contributed by atoms with Gasteiger partial charge in [0, 0.05) is 12.6 Å². The quantitative estimate of drug-likeness (QED) is 0.817. The number of carboxylic acid groups (broad SMARTS) is 1. The Bertz CT molecular complexity index is 786. The van der Waals surface area contributed by atoms with Crippen LogP contribution in [0.5, 0.6) is 0 Å². The number of hydrogen-bond donors (Lipinski definition) is 1. The third-order valence-corrected chi connectivity index (χ3v) is 4.67. The normalized spacial score (nSPS) is 14.5. The van der Waals surface area contributed by atoms with E-state index in [0.29, 0.717) is 13.0 Å². The van der Waals surface area contributed by atoms with Gasteiger partial charge < -0.3 is 10.0 Å². The summed E-state index contributed by atoms with van der Waals surface area (Å²) in [5, 5.41) is 16.1. The molecule has 1 aliphatic carbocycles. The Morgan fingerprint density at radius 1 is 1.31 bits per heavy atom. The van der Waals surface area contributed by atoms with Crippen LogP contribution in [-0.4, -0.2) is 49.5 Å². The molecule has 1 amide bonds. The van der Waals surface area contributed by atoms with Crippen molar-refractivity contribution in [2.24, 2.45) is 0 Å². The van der Waals surface area contributed by atoms with Crippen LogP contribution < -0.4 is 0 Å². The smallest absolute Gasteiger partial charge is 0.358 e. The lowest BCUT2D eigenvalue weighted by molar-refractivity contribution is -0.134. The summed E-state index contributed by atoms with van der Waals surface area (Å²) in [5.41, 5.74) is 0.652. The number of amides is 1. The van der Waals surface area contributed by atoms with E-state index in [2.05, 4.69) is 10.3 Å². The number of benzene rings is 1. The van der Waals surface area contributed by atoms with E-state index in [1.165, 1.54) is 23.0 Å². The van der Waals surface area contributed by atoms with Crippen molar-refractivity contribution in [2.45, 2.75) is 44.7 Å². The lowest BCUT2D eigenvalue weighted by Gasteiger charge is -2.29. The van der Waals surface area contributed by atoms with Crippen LogP contribution in [0, 0.1) is 5.82 Å². The van der Waals surface area contributed by atoms with Gasteiger partial charge in [-0.05, 0) is 37.0 Å². The van der Waals surface area contributed by atoms with Crippen LogP contribution in [0.25, 0.3) is 0 Å². The number of carboxylic acids is 1. The standard InChI is InChI=1S/C18H21FN4O3/c19-14-5-3-4-13(10-14)8-9-23(15-6-1-2-7-15)17(24)12-22-11-16(18(25)26)20-21-22/h3-5,10-11,15H,1-2,6-9,12H2,(H,25,26). The minimum atomic E-state index is -1.18. The van der Waals surface area contributed by atoms with E-state index in [4.69, 9.17) is 5.11 Å². The number of aromatic carboxylic acids is 1. The fourth-order valence-electron chi connectivity index (χ4n) is 3.37. The first-order valence-electron chi connectivity index (χ1n) is 8.70. The van der Waals surface area contributed by atoms with E-state index in [1.54, 1.807) is 6.07 Å². The highest BCUT2D eigenvalue weighted by molar-refractivity contribution is 5.84. The fourth-order valence-corrected chi connectivity index (χ4v) is 3.37. The monoisotopic (exact) mass is 360 g/mol. The first-order chi connectivity index (χ1) is 12.5. The van der Waals surface area contributed by atoms with Crippen molar-refractivity contribution in [2.75, 3.05) is 6.54 Å². The molecule has 1 heterocycles. The van der Waals surface area contributed by atoms with Crippen LogP contribution in [0.3, 0.4) is 0 Å². The van der Waals surface area contributed by atoms with E-state index < -0.39 is 5.97 Å². The molecule has 0 aliphatic heterocycles. The molecular formula is C18H21FN4O3. The number of halogens is 1. The largest absolute Gasteiger partial charge is 0.476 e. The Balaban J connectivity index is 1.68. The number of nitrogens with zero attached hydrogens (tertiary/aromatic N) is 4. The van der Waals surface area contributed by atoms with E-state index in [0.717, 1.165) is 31.2 Å². The maximum atomic E-state index is 13.4. The Morgan fingerprint density at radius 2 is 2.08 bits per heavy atom. The minimum absolute atomic E-state index is 0.0556. The Hall–Kier alpha value is -2.77. The molecule has 1 aromatic carbocycles. The predicted octanol–water partition coefficient (Wildman–Crippen LogP) is 2.13. The molecule has 0 unspecified atom stereocenters. The van der Waals surface area contributed by atoms with Crippen molar-refractivity contribution < 1.29 is 19.1 Å². The molecule has 7 nitrogen and oxygen atoms in total. The van der Waals surface area contributed by atoms with Crippen LogP contribution >= 0.6 is 0 Å². The molecule has 2 aromatic rings. The average Bonchev–Trinajstić information content (AvgIpc) is 3.27. The highest BCUT2D eigenvalue weighted by atomic mass is 19.1. The zero-order chi connectivity index (χ0) is 18.5. The topological polar surface area (TPSA) is 88.3 Å². The molecule has 0 bridgehead atoms. The van der Waals surface area contributed by atoms with Gasteiger partial charge in [-0.3, -0.25) is 4.79 Å². The summed E-state index contributed by atoms with van der Waals surface area (Å²) in [7, 11) is 0. The van der Waals surface area contributed by atoms with E-state index in [1.807, 2.05) is 11.0 Å². The van der Waals surface area contributed by atoms with Crippen molar-refractivity contribution in [1.29, 1.82) is 0 Å². The summed E-state index contributed by atoms with van der Waals surface area (Å²) < 4.78 is 14.6. The zero-order valence-electron chi connectivity index (χ0n) is 14.3. The average molecular weight is 360 g/mol. The summed E-state index contributed by atoms with van der Waals surface area (Å²) >= 11 is 0. The first-order valence-corrected chi connectivity index (χ1v) is 8.70. The van der Waals surface area contributed by atoms with Gasteiger partial charge in [0.15, 0.2) is 5.69 Å². The Kier molecular flexibility index (Phi) is 5.60. The van der Waals surface area contributed by atoms with Gasteiger partial charge in [0.2, 0.25) is 5.91 Å². The van der Waals surface area contributed by atoms with Crippen molar-refractivity contribution in [3.63, 3.8) is 0 Å². The summed E-state index contributed by atoms with van der Waals surface area (Å²) in [6.45, 7) is 0.438. The SMILES string of the molecule is O=C(O)c1cn(CC(=O)N(CCc2cccc(F)c2)C2CCCC2)nn1. The minimum Gasteiger partial charge on any atom is -0.476 e. The second-order valence-electron chi connectivity index (χ2n) is 6.51. The Morgan fingerprint density at radius 3 is 2.73 bits per heavy atom. The summed E-state index contributed by atoms with van der Waals surface area (Å²) in [6.07, 6.45) is 5.89. The second kappa shape index (κ2) is 8.07. The number of carbonyl (C=O) groups excluding carboxylic acids is 1. The molecule has 0 atom stereocenters. The molecule has 26 heavy (non-hydrogen) atoms. The van der Waals surface area contributed by atoms with E-state index in [-0.39, 0.29) is 30.0 Å². The van der Waals surface area contributed by atoms with Crippen molar-refractivity contribution >= 4 is 11.9 Å². The molecule has 138 valence electrons. The number of rotatable bonds is 7. The van der Waals surface area contributed by atoms with Crippen molar-refractivity contribution in [1.82, 2.24) is 19.9 Å². The first kappa shape index (κ1) is 18.0. The predicted molar refractivity (Wildman–Crippen MR) is 91.1 cm³/mol. The summed E-state index contributed by atoms with van der Waals surface area (Å²) in [6, 6.07) is 6.55. The van der Waals surface area contributed by atoms with Gasteiger partial charge in [-0.2, -0.15) is 0 Å². The lowest BCUT2D eigenvalue weighted by atomic mass is 10.1. The van der Waals surface area contributed by atoms with Gasteiger partial charge in [0.1, 0.15) is 12.4 Å². The van der Waals surface area contributed by atoms with Crippen LogP contribution in [0.4, 0.5) is 4.39 Å². The molecule has 1 N–H and O–H groups in total. The molecule has 1 fully saturated rings. The van der Waals surface area contributed by atoms with Gasteiger partial charge in [-0.25, -0.2) is 13.9 Å². The van der Waals surface area contributed by atoms with Crippen LogP contribution in [0.15, 0.2) is 30.5 Å². The summed E-state index contributed by atoms with van der Waals surface area (Å²) in [4.78, 5) is 25.5. The maximum Gasteiger partial charge on any atom is 0.358 e. The number of hydrogen-bond acceptors (Lipinski definition) is 4. The lowest BCUT2D eigenvalue weighted by Crippen LogP contribution is -2.42. The fraction of sp³-hybridized carbons (Fsp3) is 0.444. The second-order valence-corrected chi connectivity index (χ2v) is 6.51. The molecule has 0 saturated heterocycles. The summed E-state index contributed by atoms with van der Waals surface area (Å²) in [5.74, 6) is -1.59. The van der Waals surface area contributed by atoms with Gasteiger partial charge in [0.05, 0.1) is 6.20 Å². The van der Waals surface area contributed by atoms with Crippen LogP contribution in [0.1, 0.15) is 41.7 Å². The number of aromatic nitrogens is 3. The van der Waals surface area contributed by atoms with E-state index in [9.17, 15) is 14.0 Å². The van der Waals surface area contributed by atoms with Gasteiger partial charge >= 0.3 is 5.97 Å². The highest BCUT2D eigenvalue weighted by Gasteiger charge is 2.27. The number of carbonyl (C=O) groups is 2. The molecule has 0 spiro atoms. The van der Waals surface area contributed by atoms with E-state index >= 15 is 0 Å². The van der Waals surface area contributed by atoms with Gasteiger partial charge in [-0.15, -0.1) is 5.10 Å². The van der Waals surface area contributed by atoms with Crippen molar-refractivity contribution in [3.05, 3.63) is 47.5 Å². The molecule has 0 radical (unpaired) electrons. The molecule has 3 rings (SSSR count). The zero-order valence-corrected chi connectivity index (χ0v) is 14.3. The van der Waals surface area contributed by atoms with Gasteiger partial charge in [0.25, 0.3) is 0 Å². The van der Waals surface area contributed by atoms with Crippen LogP contribution in [0.2, 0.25) is 0 Å². The molecule has 1 aliphatic rings. The third-order valence-electron chi connectivity index (χ3n) is 4.67. The third kappa shape index (κ3) is 4.44. The highest BCUT2D eigenvalue weighted by Crippen LogP contribution is 2.24. The molecular weight excluding hydrogens is 339 g/mol. The Labute approximate surface area is 150 Å². The molecule has 1 aromatic heterocycles. The van der Waals surface area contributed by atoms with Crippen molar-refractivity contribution in [3.8, 4) is 0 Å². The molecule has 1 saturated carbocycles. The molecule has 8 heteroatoms. The maximum absolute atomic E-state index is 13.4. The van der Waals surface area contributed by atoms with Crippen LogP contribution in [-0.2, 0) is 17.8 Å². The van der Waals surface area contributed by atoms with Gasteiger partial charge in [-0.1, -0.05) is 30.2 Å².